The van der Waals surface area contributed by atoms with Crippen molar-refractivity contribution >= 4 is 45.1 Å². The normalized spacial score (nSPS) is 10.1. The first-order chi connectivity index (χ1) is 6.83. The average molecular weight is 222 g/mol. The predicted molar refractivity (Wildman–Crippen MR) is 59.2 cm³/mol. The number of nitrogens with zero attached hydrogens (tertiary/aromatic N) is 2. The summed E-state index contributed by atoms with van der Waals surface area (Å²) in [5, 5.41) is 0. The number of hydrogen-bond acceptors (Lipinski definition) is 5. The van der Waals surface area contributed by atoms with E-state index in [9.17, 15) is 4.79 Å². The van der Waals surface area contributed by atoms with Gasteiger partial charge in [0.25, 0.3) is 0 Å². The number of hydrogen-bond donors (Lipinski definition) is 0. The van der Waals surface area contributed by atoms with Crippen molar-refractivity contribution in [1.82, 2.24) is 4.98 Å². The molecule has 0 atom stereocenters. The Morgan fingerprint density at radius 3 is 3.14 bits per heavy atom. The van der Waals surface area contributed by atoms with Crippen molar-refractivity contribution in [3.05, 3.63) is 18.2 Å². The summed E-state index contributed by atoms with van der Waals surface area (Å²) < 4.78 is 2.07. The number of thioether (sulfide) groups is 1. The van der Waals surface area contributed by atoms with Crippen LogP contribution in [0.1, 0.15) is 0 Å². The topological polar surface area (TPSA) is 42.3 Å². The van der Waals surface area contributed by atoms with Crippen molar-refractivity contribution in [2.45, 2.75) is 4.34 Å². The highest BCUT2D eigenvalue weighted by atomic mass is 32.2. The van der Waals surface area contributed by atoms with Crippen molar-refractivity contribution in [3.8, 4) is 0 Å². The van der Waals surface area contributed by atoms with Crippen LogP contribution in [0.2, 0.25) is 0 Å². The second-order valence-corrected chi connectivity index (χ2v) is 4.62. The van der Waals surface area contributed by atoms with Crippen LogP contribution >= 0.6 is 23.1 Å². The minimum absolute atomic E-state index is 0.629. The average Bonchev–Trinajstić information content (AvgIpc) is 2.60. The standard InChI is InChI=1S/C9H6N2OS2/c1-13-9-11-7-3-2-6(10-5-12)4-8(7)14-9/h2-4H,1H3. The third-order valence-corrected chi connectivity index (χ3v) is 3.71. The van der Waals surface area contributed by atoms with Crippen LogP contribution in [-0.2, 0) is 4.79 Å². The summed E-state index contributed by atoms with van der Waals surface area (Å²) in [5.74, 6) is 0. The molecule has 0 aliphatic rings. The number of fused-ring (bicyclic) bond motifs is 1. The molecule has 0 amide bonds. The van der Waals surface area contributed by atoms with Crippen LogP contribution in [0, 0.1) is 0 Å². The van der Waals surface area contributed by atoms with E-state index in [1.54, 1.807) is 29.2 Å². The summed E-state index contributed by atoms with van der Waals surface area (Å²) in [6, 6.07) is 5.47. The fourth-order valence-electron chi connectivity index (χ4n) is 1.10. The van der Waals surface area contributed by atoms with Gasteiger partial charge in [0.1, 0.15) is 0 Å². The Hall–Kier alpha value is -1.16. The first kappa shape index (κ1) is 9.40. The molecule has 0 bridgehead atoms. The van der Waals surface area contributed by atoms with Crippen molar-refractivity contribution < 1.29 is 4.79 Å². The molecule has 0 aliphatic carbocycles. The van der Waals surface area contributed by atoms with E-state index in [2.05, 4.69) is 9.98 Å². The molecule has 1 heterocycles. The van der Waals surface area contributed by atoms with Gasteiger partial charge in [-0.1, -0.05) is 11.8 Å². The van der Waals surface area contributed by atoms with E-state index in [4.69, 9.17) is 0 Å². The lowest BCUT2D eigenvalue weighted by Crippen LogP contribution is -1.67. The van der Waals surface area contributed by atoms with Crippen molar-refractivity contribution in [1.29, 1.82) is 0 Å². The van der Waals surface area contributed by atoms with E-state index in [0.717, 1.165) is 14.6 Å². The maximum absolute atomic E-state index is 10.1. The van der Waals surface area contributed by atoms with Gasteiger partial charge in [-0.25, -0.2) is 9.78 Å². The third kappa shape index (κ3) is 1.70. The fraction of sp³-hybridized carbons (Fsp3) is 0.111. The van der Waals surface area contributed by atoms with Gasteiger partial charge < -0.3 is 0 Å². The van der Waals surface area contributed by atoms with Crippen LogP contribution in [-0.4, -0.2) is 17.3 Å². The number of aromatic nitrogens is 1. The molecule has 2 aromatic rings. The molecule has 0 radical (unpaired) electrons. The van der Waals surface area contributed by atoms with Gasteiger partial charge in [0.2, 0.25) is 6.08 Å². The van der Waals surface area contributed by atoms with Crippen LogP contribution in [0.4, 0.5) is 5.69 Å². The number of carbonyl (C=O) groups excluding carboxylic acids is 1. The molecule has 70 valence electrons. The molecule has 3 nitrogen and oxygen atoms in total. The molecule has 0 saturated heterocycles. The van der Waals surface area contributed by atoms with Crippen LogP contribution in [0.5, 0.6) is 0 Å². The van der Waals surface area contributed by atoms with Gasteiger partial charge in [-0.15, -0.1) is 11.3 Å². The largest absolute Gasteiger partial charge is 0.240 e. The minimum Gasteiger partial charge on any atom is -0.230 e. The Balaban J connectivity index is 2.59. The molecule has 5 heteroatoms. The molecule has 2 rings (SSSR count). The third-order valence-electron chi connectivity index (χ3n) is 1.70. The maximum Gasteiger partial charge on any atom is 0.240 e. The molecular weight excluding hydrogens is 216 g/mol. The molecule has 14 heavy (non-hydrogen) atoms. The van der Waals surface area contributed by atoms with Crippen molar-refractivity contribution in [3.63, 3.8) is 0 Å². The van der Waals surface area contributed by atoms with Gasteiger partial charge in [-0.2, -0.15) is 4.99 Å². The van der Waals surface area contributed by atoms with Crippen LogP contribution in [0.25, 0.3) is 10.2 Å². The Bertz CT molecular complexity index is 515. The zero-order chi connectivity index (χ0) is 9.97. The molecule has 1 aromatic carbocycles. The van der Waals surface area contributed by atoms with Gasteiger partial charge in [0.15, 0.2) is 4.34 Å². The smallest absolute Gasteiger partial charge is 0.230 e. The lowest BCUT2D eigenvalue weighted by atomic mass is 10.3. The Kier molecular flexibility index (Phi) is 2.63. The summed E-state index contributed by atoms with van der Waals surface area (Å²) in [6.45, 7) is 0. The lowest BCUT2D eigenvalue weighted by molar-refractivity contribution is 0.565. The predicted octanol–water partition coefficient (Wildman–Crippen LogP) is 2.99. The quantitative estimate of drug-likeness (QED) is 0.445. The van der Waals surface area contributed by atoms with Crippen molar-refractivity contribution in [2.24, 2.45) is 4.99 Å². The second-order valence-electron chi connectivity index (χ2n) is 2.54. The van der Waals surface area contributed by atoms with E-state index in [1.807, 2.05) is 18.4 Å². The number of rotatable bonds is 2. The lowest BCUT2D eigenvalue weighted by Gasteiger charge is -1.88. The number of benzene rings is 1. The zero-order valence-corrected chi connectivity index (χ0v) is 8.98. The molecular formula is C9H6N2OS2. The SMILES string of the molecule is CSc1nc2ccc(N=C=O)cc2s1. The highest BCUT2D eigenvalue weighted by Gasteiger charge is 2.02. The summed E-state index contributed by atoms with van der Waals surface area (Å²) in [4.78, 5) is 18.0. The molecule has 0 saturated carbocycles. The van der Waals surface area contributed by atoms with Crippen molar-refractivity contribution in [2.75, 3.05) is 6.26 Å². The second kappa shape index (κ2) is 3.92. The highest BCUT2D eigenvalue weighted by Crippen LogP contribution is 2.30. The van der Waals surface area contributed by atoms with Crippen LogP contribution in [0.15, 0.2) is 27.5 Å². The molecule has 0 aliphatic heterocycles. The number of aliphatic imine (C=N–C) groups is 1. The molecule has 0 spiro atoms. The summed E-state index contributed by atoms with van der Waals surface area (Å²) in [5.41, 5.74) is 1.58. The van der Waals surface area contributed by atoms with Crippen LogP contribution < -0.4 is 0 Å². The number of thiazole rings is 1. The van der Waals surface area contributed by atoms with Crippen LogP contribution in [0.3, 0.4) is 0 Å². The van der Waals surface area contributed by atoms with Gasteiger partial charge >= 0.3 is 0 Å². The Morgan fingerprint density at radius 1 is 1.57 bits per heavy atom. The molecule has 0 fully saturated rings. The Labute approximate surface area is 88.9 Å². The summed E-state index contributed by atoms with van der Waals surface area (Å²) in [7, 11) is 0. The van der Waals surface area contributed by atoms with E-state index in [0.29, 0.717) is 5.69 Å². The molecule has 0 unspecified atom stereocenters. The zero-order valence-electron chi connectivity index (χ0n) is 7.35. The maximum atomic E-state index is 10.1. The monoisotopic (exact) mass is 222 g/mol. The minimum atomic E-state index is 0.629. The van der Waals surface area contributed by atoms with Gasteiger partial charge in [-0.05, 0) is 24.5 Å². The number of isocyanates is 1. The first-order valence-corrected chi connectivity index (χ1v) is 5.90. The Morgan fingerprint density at radius 2 is 2.43 bits per heavy atom. The van der Waals surface area contributed by atoms with Gasteiger partial charge in [-0.3, -0.25) is 0 Å². The van der Waals surface area contributed by atoms with E-state index in [-0.39, 0.29) is 0 Å². The van der Waals surface area contributed by atoms with E-state index in [1.165, 1.54) is 6.08 Å². The summed E-state index contributed by atoms with van der Waals surface area (Å²) in [6.07, 6.45) is 3.51. The van der Waals surface area contributed by atoms with Gasteiger partial charge in [0.05, 0.1) is 15.9 Å². The van der Waals surface area contributed by atoms with E-state index < -0.39 is 0 Å². The van der Waals surface area contributed by atoms with E-state index >= 15 is 0 Å². The fourth-order valence-corrected chi connectivity index (χ4v) is 2.62. The molecule has 0 N–H and O–H groups in total. The first-order valence-electron chi connectivity index (χ1n) is 3.86. The highest BCUT2D eigenvalue weighted by molar-refractivity contribution is 8.00. The molecule has 1 aromatic heterocycles. The van der Waals surface area contributed by atoms with Gasteiger partial charge in [0, 0.05) is 0 Å². The summed E-state index contributed by atoms with van der Waals surface area (Å²) >= 11 is 3.21.